The van der Waals surface area contributed by atoms with Gasteiger partial charge in [-0.1, -0.05) is 6.92 Å². The molecule has 4 nitrogen and oxygen atoms in total. The Morgan fingerprint density at radius 2 is 2.10 bits per heavy atom. The van der Waals surface area contributed by atoms with Crippen LogP contribution in [0, 0.1) is 6.92 Å². The van der Waals surface area contributed by atoms with Gasteiger partial charge in [0.2, 0.25) is 0 Å². The summed E-state index contributed by atoms with van der Waals surface area (Å²) in [4.78, 5) is 4.79. The molecular formula is C14H23ClN4S. The van der Waals surface area contributed by atoms with Gasteiger partial charge >= 0.3 is 0 Å². The van der Waals surface area contributed by atoms with E-state index >= 15 is 0 Å². The topological polar surface area (TPSA) is 35.6 Å². The van der Waals surface area contributed by atoms with Gasteiger partial charge in [0.1, 0.15) is 11.3 Å². The Kier molecular flexibility index (Phi) is 5.38. The minimum Gasteiger partial charge on any atom is -0.309 e. The van der Waals surface area contributed by atoms with Gasteiger partial charge in [-0.15, -0.1) is 11.6 Å². The van der Waals surface area contributed by atoms with Gasteiger partial charge in [-0.2, -0.15) is 16.9 Å². The second-order valence-electron chi connectivity index (χ2n) is 4.92. The van der Waals surface area contributed by atoms with Crippen LogP contribution in [-0.2, 0) is 13.0 Å². The highest BCUT2D eigenvalue weighted by molar-refractivity contribution is 7.99. The molecule has 0 saturated heterocycles. The van der Waals surface area contributed by atoms with Gasteiger partial charge in [0.15, 0.2) is 5.65 Å². The fourth-order valence-corrected chi connectivity index (χ4v) is 3.44. The number of hydrogen-bond donors (Lipinski definition) is 0. The summed E-state index contributed by atoms with van der Waals surface area (Å²) in [5.41, 5.74) is 3.18. The van der Waals surface area contributed by atoms with Crippen molar-refractivity contribution in [3.8, 4) is 0 Å². The van der Waals surface area contributed by atoms with E-state index in [0.717, 1.165) is 47.2 Å². The Labute approximate surface area is 129 Å². The lowest BCUT2D eigenvalue weighted by molar-refractivity contribution is 0.563. The first-order valence-electron chi connectivity index (χ1n) is 7.21. The van der Waals surface area contributed by atoms with E-state index in [1.165, 1.54) is 0 Å². The summed E-state index contributed by atoms with van der Waals surface area (Å²) in [6, 6.07) is 0.407. The Morgan fingerprint density at radius 3 is 2.70 bits per heavy atom. The van der Waals surface area contributed by atoms with Gasteiger partial charge < -0.3 is 4.57 Å². The van der Waals surface area contributed by atoms with Crippen molar-refractivity contribution in [2.75, 3.05) is 17.4 Å². The van der Waals surface area contributed by atoms with Crippen LogP contribution in [0.1, 0.15) is 38.3 Å². The molecule has 0 aliphatic carbocycles. The molecule has 0 aromatic carbocycles. The monoisotopic (exact) mass is 314 g/mol. The molecule has 20 heavy (non-hydrogen) atoms. The second-order valence-corrected chi connectivity index (χ2v) is 6.62. The number of fused-ring (bicyclic) bond motifs is 1. The predicted octanol–water partition coefficient (Wildman–Crippen LogP) is 3.66. The van der Waals surface area contributed by atoms with Crippen LogP contribution in [0.15, 0.2) is 0 Å². The van der Waals surface area contributed by atoms with Gasteiger partial charge in [0.05, 0.1) is 5.69 Å². The van der Waals surface area contributed by atoms with Crippen molar-refractivity contribution in [1.82, 2.24) is 19.3 Å². The zero-order valence-corrected chi connectivity index (χ0v) is 14.3. The number of alkyl halides is 1. The zero-order chi connectivity index (χ0) is 14.7. The van der Waals surface area contributed by atoms with Crippen LogP contribution in [0.4, 0.5) is 0 Å². The number of thioether (sulfide) groups is 1. The smallest absolute Gasteiger partial charge is 0.159 e. The molecule has 112 valence electrons. The lowest BCUT2D eigenvalue weighted by Crippen LogP contribution is -2.15. The molecule has 2 aromatic rings. The van der Waals surface area contributed by atoms with E-state index in [1.807, 2.05) is 18.7 Å². The van der Waals surface area contributed by atoms with Crippen LogP contribution in [0.25, 0.3) is 11.2 Å². The number of imidazole rings is 1. The van der Waals surface area contributed by atoms with Crippen LogP contribution in [0.5, 0.6) is 0 Å². The number of rotatable bonds is 7. The maximum Gasteiger partial charge on any atom is 0.159 e. The molecule has 0 fully saturated rings. The summed E-state index contributed by atoms with van der Waals surface area (Å²) in [7, 11) is 0. The zero-order valence-electron chi connectivity index (χ0n) is 12.7. The van der Waals surface area contributed by atoms with Crippen LogP contribution in [-0.4, -0.2) is 36.7 Å². The van der Waals surface area contributed by atoms with Crippen molar-refractivity contribution >= 4 is 34.5 Å². The summed E-state index contributed by atoms with van der Waals surface area (Å²) in [5.74, 6) is 3.91. The Morgan fingerprint density at radius 1 is 1.35 bits per heavy atom. The summed E-state index contributed by atoms with van der Waals surface area (Å²) in [6.45, 7) is 9.46. The fourth-order valence-electron chi connectivity index (χ4n) is 2.54. The molecule has 2 aromatic heterocycles. The van der Waals surface area contributed by atoms with Crippen LogP contribution < -0.4 is 0 Å². The normalized spacial score (nSPS) is 13.2. The van der Waals surface area contributed by atoms with E-state index in [2.05, 4.69) is 35.1 Å². The molecular weight excluding hydrogens is 292 g/mol. The van der Waals surface area contributed by atoms with Gasteiger partial charge in [0, 0.05) is 30.6 Å². The Balaban J connectivity index is 2.54. The summed E-state index contributed by atoms with van der Waals surface area (Å²) < 4.78 is 4.40. The van der Waals surface area contributed by atoms with Crippen molar-refractivity contribution in [1.29, 1.82) is 0 Å². The summed E-state index contributed by atoms with van der Waals surface area (Å²) in [6.07, 6.45) is 0.806. The predicted molar refractivity (Wildman–Crippen MR) is 88.1 cm³/mol. The minimum atomic E-state index is 0.407. The first kappa shape index (κ1) is 15.7. The van der Waals surface area contributed by atoms with Crippen LogP contribution in [0.2, 0.25) is 0 Å². The average Bonchev–Trinajstić information content (AvgIpc) is 2.94. The van der Waals surface area contributed by atoms with Crippen molar-refractivity contribution < 1.29 is 0 Å². The standard InChI is InChI=1S/C14H23ClN4S/c1-5-18-14-13(11(4)17-18)16-12(7-8-15)19(14)10(3)9-20-6-2/h10H,5-9H2,1-4H3. The van der Waals surface area contributed by atoms with E-state index in [-0.39, 0.29) is 0 Å². The third-order valence-corrected chi connectivity index (χ3v) is 4.75. The molecule has 2 rings (SSSR count). The van der Waals surface area contributed by atoms with Crippen molar-refractivity contribution in [2.24, 2.45) is 0 Å². The lowest BCUT2D eigenvalue weighted by atomic mass is 10.3. The summed E-state index contributed by atoms with van der Waals surface area (Å²) in [5, 5.41) is 4.59. The molecule has 1 atom stereocenters. The molecule has 0 N–H and O–H groups in total. The SMILES string of the molecule is CCSCC(C)n1c(CCCl)nc2c(C)nn(CC)c21. The lowest BCUT2D eigenvalue weighted by Gasteiger charge is -2.17. The second kappa shape index (κ2) is 6.85. The number of nitrogens with zero attached hydrogens (tertiary/aromatic N) is 4. The highest BCUT2D eigenvalue weighted by Gasteiger charge is 2.21. The third kappa shape index (κ3) is 2.84. The van der Waals surface area contributed by atoms with Crippen LogP contribution >= 0.6 is 23.4 Å². The fraction of sp³-hybridized carbons (Fsp3) is 0.714. The Hall–Kier alpha value is -0.680. The highest BCUT2D eigenvalue weighted by atomic mass is 35.5. The van der Waals surface area contributed by atoms with Gasteiger partial charge in [-0.3, -0.25) is 0 Å². The maximum absolute atomic E-state index is 5.94. The molecule has 0 aliphatic heterocycles. The van der Waals surface area contributed by atoms with Crippen molar-refractivity contribution in [3.05, 3.63) is 11.5 Å². The van der Waals surface area contributed by atoms with E-state index in [4.69, 9.17) is 16.6 Å². The number of halogens is 1. The third-order valence-electron chi connectivity index (χ3n) is 3.44. The number of hydrogen-bond acceptors (Lipinski definition) is 3. The van der Waals surface area contributed by atoms with Gasteiger partial charge in [0.25, 0.3) is 0 Å². The quantitative estimate of drug-likeness (QED) is 0.732. The first-order valence-corrected chi connectivity index (χ1v) is 8.90. The summed E-state index contributed by atoms with van der Waals surface area (Å²) >= 11 is 7.90. The molecule has 2 heterocycles. The van der Waals surface area contributed by atoms with Crippen LogP contribution in [0.3, 0.4) is 0 Å². The highest BCUT2D eigenvalue weighted by Crippen LogP contribution is 2.26. The van der Waals surface area contributed by atoms with Crippen molar-refractivity contribution in [3.63, 3.8) is 0 Å². The largest absolute Gasteiger partial charge is 0.309 e. The van der Waals surface area contributed by atoms with E-state index in [9.17, 15) is 0 Å². The van der Waals surface area contributed by atoms with Crippen molar-refractivity contribution in [2.45, 2.75) is 46.7 Å². The molecule has 6 heteroatoms. The maximum atomic E-state index is 5.94. The molecule has 0 bridgehead atoms. The first-order chi connectivity index (χ1) is 9.63. The molecule has 0 amide bonds. The average molecular weight is 315 g/mol. The Bertz CT molecular complexity index is 575. The number of aryl methyl sites for hydroxylation is 3. The van der Waals surface area contributed by atoms with E-state index in [1.54, 1.807) is 0 Å². The van der Waals surface area contributed by atoms with E-state index in [0.29, 0.717) is 11.9 Å². The molecule has 0 radical (unpaired) electrons. The molecule has 0 spiro atoms. The van der Waals surface area contributed by atoms with Gasteiger partial charge in [-0.25, -0.2) is 9.67 Å². The van der Waals surface area contributed by atoms with E-state index < -0.39 is 0 Å². The minimum absolute atomic E-state index is 0.407. The molecule has 1 unspecified atom stereocenters. The number of aromatic nitrogens is 4. The molecule has 0 saturated carbocycles. The van der Waals surface area contributed by atoms with Gasteiger partial charge in [-0.05, 0) is 26.5 Å². The molecule has 0 aliphatic rings.